The molecule has 2 aromatic rings. The van der Waals surface area contributed by atoms with E-state index in [1.807, 2.05) is 11.3 Å². The highest BCUT2D eigenvalue weighted by Crippen LogP contribution is 2.27. The first kappa shape index (κ1) is 13.4. The van der Waals surface area contributed by atoms with Crippen molar-refractivity contribution in [3.63, 3.8) is 0 Å². The number of hydrogen-bond donors (Lipinski definition) is 0. The predicted molar refractivity (Wildman–Crippen MR) is 82.2 cm³/mol. The minimum atomic E-state index is 0.162. The van der Waals surface area contributed by atoms with Crippen molar-refractivity contribution in [3.8, 4) is 0 Å². The van der Waals surface area contributed by atoms with E-state index in [4.69, 9.17) is 16.3 Å². The number of benzene rings is 1. The van der Waals surface area contributed by atoms with Gasteiger partial charge in [0.05, 0.1) is 12.2 Å². The summed E-state index contributed by atoms with van der Waals surface area (Å²) in [7, 11) is 0. The standard InChI is InChI=1S/C15H18ClNOS/c1-11-7-17(9-13(6-16)18-11)8-12-10-19-15-5-3-2-4-14(12)15/h2-5,10-11,13H,6-9H2,1H3. The van der Waals surface area contributed by atoms with E-state index < -0.39 is 0 Å². The zero-order valence-electron chi connectivity index (χ0n) is 11.0. The molecule has 4 heteroatoms. The van der Waals surface area contributed by atoms with E-state index in [9.17, 15) is 0 Å². The van der Waals surface area contributed by atoms with E-state index in [2.05, 4.69) is 41.5 Å². The van der Waals surface area contributed by atoms with Gasteiger partial charge in [-0.1, -0.05) is 18.2 Å². The molecule has 1 fully saturated rings. The number of halogens is 1. The first-order chi connectivity index (χ1) is 9.26. The van der Waals surface area contributed by atoms with Gasteiger partial charge in [0.25, 0.3) is 0 Å². The fourth-order valence-corrected chi connectivity index (χ4v) is 3.88. The van der Waals surface area contributed by atoms with E-state index in [1.54, 1.807) is 0 Å². The first-order valence-corrected chi connectivity index (χ1v) is 8.06. The molecule has 1 aromatic heterocycles. The van der Waals surface area contributed by atoms with Crippen molar-refractivity contribution in [3.05, 3.63) is 35.2 Å². The van der Waals surface area contributed by atoms with E-state index in [1.165, 1.54) is 15.6 Å². The summed E-state index contributed by atoms with van der Waals surface area (Å²) in [6.45, 7) is 5.03. The highest BCUT2D eigenvalue weighted by Gasteiger charge is 2.25. The zero-order chi connectivity index (χ0) is 13.2. The normalized spacial score (nSPS) is 24.9. The predicted octanol–water partition coefficient (Wildman–Crippen LogP) is 3.73. The quantitative estimate of drug-likeness (QED) is 0.800. The molecular weight excluding hydrogens is 278 g/mol. The van der Waals surface area contributed by atoms with Gasteiger partial charge < -0.3 is 4.74 Å². The molecule has 2 heterocycles. The lowest BCUT2D eigenvalue weighted by Gasteiger charge is -2.36. The molecule has 0 spiro atoms. The van der Waals surface area contributed by atoms with Crippen molar-refractivity contribution < 1.29 is 4.74 Å². The Morgan fingerprint density at radius 3 is 3.05 bits per heavy atom. The van der Waals surface area contributed by atoms with Gasteiger partial charge in [-0.25, -0.2) is 0 Å². The summed E-state index contributed by atoms with van der Waals surface area (Å²) in [5.41, 5.74) is 1.42. The third-order valence-electron chi connectivity index (χ3n) is 3.53. The molecule has 102 valence electrons. The zero-order valence-corrected chi connectivity index (χ0v) is 12.6. The molecule has 1 saturated heterocycles. The number of ether oxygens (including phenoxy) is 1. The SMILES string of the molecule is CC1CN(Cc2csc3ccccc23)CC(CCl)O1. The van der Waals surface area contributed by atoms with Crippen LogP contribution in [-0.4, -0.2) is 36.1 Å². The Morgan fingerprint density at radius 2 is 2.21 bits per heavy atom. The van der Waals surface area contributed by atoms with Gasteiger partial charge >= 0.3 is 0 Å². The molecule has 0 amide bonds. The average molecular weight is 296 g/mol. The minimum Gasteiger partial charge on any atom is -0.371 e. The van der Waals surface area contributed by atoms with Gasteiger partial charge in [0.2, 0.25) is 0 Å². The van der Waals surface area contributed by atoms with Crippen molar-refractivity contribution in [2.75, 3.05) is 19.0 Å². The highest BCUT2D eigenvalue weighted by molar-refractivity contribution is 7.17. The third kappa shape index (κ3) is 2.95. The smallest absolute Gasteiger partial charge is 0.0841 e. The summed E-state index contributed by atoms with van der Waals surface area (Å²) in [6.07, 6.45) is 0.428. The third-order valence-corrected chi connectivity index (χ3v) is 4.89. The van der Waals surface area contributed by atoms with Gasteiger partial charge in [-0.05, 0) is 29.3 Å². The maximum Gasteiger partial charge on any atom is 0.0841 e. The summed E-state index contributed by atoms with van der Waals surface area (Å²) in [6, 6.07) is 8.61. The minimum absolute atomic E-state index is 0.162. The fourth-order valence-electron chi connectivity index (χ4n) is 2.75. The Hall–Kier alpha value is -0.610. The maximum atomic E-state index is 5.94. The second-order valence-electron chi connectivity index (χ2n) is 5.17. The van der Waals surface area contributed by atoms with Gasteiger partial charge in [-0.15, -0.1) is 22.9 Å². The molecule has 0 aliphatic carbocycles. The molecule has 0 radical (unpaired) electrons. The second-order valence-corrected chi connectivity index (χ2v) is 6.39. The van der Waals surface area contributed by atoms with Crippen molar-refractivity contribution >= 4 is 33.0 Å². The van der Waals surface area contributed by atoms with Gasteiger partial charge in [0.15, 0.2) is 0 Å². The van der Waals surface area contributed by atoms with Crippen LogP contribution in [-0.2, 0) is 11.3 Å². The van der Waals surface area contributed by atoms with Gasteiger partial charge in [-0.2, -0.15) is 0 Å². The number of alkyl halides is 1. The van der Waals surface area contributed by atoms with Crippen LogP contribution in [0.1, 0.15) is 12.5 Å². The first-order valence-electron chi connectivity index (χ1n) is 6.65. The largest absolute Gasteiger partial charge is 0.371 e. The maximum absolute atomic E-state index is 5.94. The van der Waals surface area contributed by atoms with E-state index in [0.717, 1.165) is 19.6 Å². The van der Waals surface area contributed by atoms with Gasteiger partial charge in [0.1, 0.15) is 0 Å². The van der Waals surface area contributed by atoms with Crippen LogP contribution in [0.2, 0.25) is 0 Å². The lowest BCUT2D eigenvalue weighted by atomic mass is 10.1. The molecule has 1 aliphatic heterocycles. The summed E-state index contributed by atoms with van der Waals surface area (Å²) in [4.78, 5) is 2.45. The topological polar surface area (TPSA) is 12.5 Å². The van der Waals surface area contributed by atoms with Crippen LogP contribution >= 0.6 is 22.9 Å². The molecule has 1 aromatic carbocycles. The summed E-state index contributed by atoms with van der Waals surface area (Å²) < 4.78 is 7.17. The van der Waals surface area contributed by atoms with E-state index in [-0.39, 0.29) is 12.2 Å². The van der Waals surface area contributed by atoms with Crippen LogP contribution in [0.25, 0.3) is 10.1 Å². The van der Waals surface area contributed by atoms with Crippen LogP contribution in [0.4, 0.5) is 0 Å². The summed E-state index contributed by atoms with van der Waals surface area (Å²) >= 11 is 7.76. The van der Waals surface area contributed by atoms with Gasteiger partial charge in [-0.3, -0.25) is 4.90 Å². The van der Waals surface area contributed by atoms with Crippen molar-refractivity contribution in [1.29, 1.82) is 0 Å². The van der Waals surface area contributed by atoms with Crippen molar-refractivity contribution in [1.82, 2.24) is 4.90 Å². The van der Waals surface area contributed by atoms with Crippen LogP contribution in [0.15, 0.2) is 29.6 Å². The molecule has 2 nitrogen and oxygen atoms in total. The number of rotatable bonds is 3. The second kappa shape index (κ2) is 5.80. The van der Waals surface area contributed by atoms with Gasteiger partial charge in [0, 0.05) is 30.2 Å². The molecule has 3 rings (SSSR count). The Labute approximate surface area is 122 Å². The Balaban J connectivity index is 1.77. The molecule has 1 aliphatic rings. The molecule has 19 heavy (non-hydrogen) atoms. The number of nitrogens with zero attached hydrogens (tertiary/aromatic N) is 1. The van der Waals surface area contributed by atoms with Crippen LogP contribution in [0.3, 0.4) is 0 Å². The molecule has 2 atom stereocenters. The molecule has 0 saturated carbocycles. The number of hydrogen-bond acceptors (Lipinski definition) is 3. The van der Waals surface area contributed by atoms with E-state index in [0.29, 0.717) is 5.88 Å². The average Bonchev–Trinajstić information content (AvgIpc) is 2.82. The van der Waals surface area contributed by atoms with E-state index >= 15 is 0 Å². The van der Waals surface area contributed by atoms with Crippen molar-refractivity contribution in [2.45, 2.75) is 25.7 Å². The number of fused-ring (bicyclic) bond motifs is 1. The fraction of sp³-hybridized carbons (Fsp3) is 0.467. The summed E-state index contributed by atoms with van der Waals surface area (Å²) in [5.74, 6) is 0.575. The molecule has 0 N–H and O–H groups in total. The Morgan fingerprint density at radius 1 is 1.37 bits per heavy atom. The molecule has 0 bridgehead atoms. The molecule has 2 unspecified atom stereocenters. The monoisotopic (exact) mass is 295 g/mol. The Bertz CT molecular complexity index is 556. The lowest BCUT2D eigenvalue weighted by Crippen LogP contribution is -2.46. The Kier molecular flexibility index (Phi) is 4.08. The lowest BCUT2D eigenvalue weighted by molar-refractivity contribution is -0.0687. The van der Waals surface area contributed by atoms with Crippen LogP contribution < -0.4 is 0 Å². The van der Waals surface area contributed by atoms with Crippen molar-refractivity contribution in [2.24, 2.45) is 0 Å². The van der Waals surface area contributed by atoms with Crippen LogP contribution in [0.5, 0.6) is 0 Å². The number of thiophene rings is 1. The van der Waals surface area contributed by atoms with Crippen LogP contribution in [0, 0.1) is 0 Å². The molecular formula is C15H18ClNOS. The highest BCUT2D eigenvalue weighted by atomic mass is 35.5. The number of morpholine rings is 1. The summed E-state index contributed by atoms with van der Waals surface area (Å²) in [5, 5.41) is 3.66.